The summed E-state index contributed by atoms with van der Waals surface area (Å²) in [6.07, 6.45) is 20.1. The topological polar surface area (TPSA) is 29.1 Å². The van der Waals surface area contributed by atoms with Gasteiger partial charge in [0, 0.05) is 13.1 Å². The van der Waals surface area contributed by atoms with Crippen LogP contribution in [0.15, 0.2) is 48.6 Å². The fourth-order valence-electron chi connectivity index (χ4n) is 1.11. The first kappa shape index (κ1) is 15.4. The van der Waals surface area contributed by atoms with E-state index in [1.807, 2.05) is 6.08 Å². The highest BCUT2D eigenvalue weighted by atomic mass is 16.1. The van der Waals surface area contributed by atoms with Gasteiger partial charge in [0.05, 0.1) is 0 Å². The molecule has 0 aliphatic carbocycles. The van der Waals surface area contributed by atoms with Crippen molar-refractivity contribution in [1.82, 2.24) is 5.32 Å². The van der Waals surface area contributed by atoms with Crippen molar-refractivity contribution in [2.24, 2.45) is 0 Å². The maximum Gasteiger partial charge on any atom is 0.243 e. The number of nitrogens with one attached hydrogen (secondary N) is 1. The zero-order valence-electron chi connectivity index (χ0n) is 10.9. The Morgan fingerprint density at radius 3 is 2.00 bits per heavy atom. The van der Waals surface area contributed by atoms with E-state index >= 15 is 0 Å². The smallest absolute Gasteiger partial charge is 0.243 e. The molecule has 1 amide bonds. The van der Waals surface area contributed by atoms with Gasteiger partial charge in [-0.25, -0.2) is 0 Å². The van der Waals surface area contributed by atoms with Crippen LogP contribution in [0.3, 0.4) is 0 Å². The van der Waals surface area contributed by atoms with Gasteiger partial charge in [0.15, 0.2) is 0 Å². The lowest BCUT2D eigenvalue weighted by atomic mass is 10.2. The monoisotopic (exact) mass is 233 g/mol. The van der Waals surface area contributed by atoms with E-state index in [0.29, 0.717) is 0 Å². The first-order valence-corrected chi connectivity index (χ1v) is 6.17. The Bertz CT molecular complexity index is 298. The summed E-state index contributed by atoms with van der Waals surface area (Å²) < 4.78 is 0. The summed E-state index contributed by atoms with van der Waals surface area (Å²) in [7, 11) is 1.62. The second-order valence-corrected chi connectivity index (χ2v) is 3.62. The summed E-state index contributed by atoms with van der Waals surface area (Å²) in [6, 6.07) is 0. The van der Waals surface area contributed by atoms with E-state index in [4.69, 9.17) is 0 Å². The zero-order valence-corrected chi connectivity index (χ0v) is 10.9. The third-order valence-electron chi connectivity index (χ3n) is 2.08. The van der Waals surface area contributed by atoms with E-state index in [1.165, 1.54) is 12.5 Å². The molecule has 2 heteroatoms. The number of hydrogen-bond acceptors (Lipinski definition) is 1. The van der Waals surface area contributed by atoms with Crippen molar-refractivity contribution >= 4 is 5.91 Å². The molecule has 0 saturated carbocycles. The molecule has 0 aromatic rings. The van der Waals surface area contributed by atoms with Crippen LogP contribution in [0.25, 0.3) is 0 Å². The van der Waals surface area contributed by atoms with Gasteiger partial charge >= 0.3 is 0 Å². The van der Waals surface area contributed by atoms with Gasteiger partial charge in [-0.2, -0.15) is 0 Å². The molecule has 0 aromatic heterocycles. The quantitative estimate of drug-likeness (QED) is 0.388. The molecule has 0 saturated heterocycles. The second-order valence-electron chi connectivity index (χ2n) is 3.62. The molecule has 17 heavy (non-hydrogen) atoms. The normalized spacial score (nSPS) is 12.4. The third kappa shape index (κ3) is 12.4. The van der Waals surface area contributed by atoms with Crippen LogP contribution in [0.2, 0.25) is 0 Å². The number of likely N-dealkylation sites (N-methyl/N-ethyl adjacent to an activating group) is 1. The lowest BCUT2D eigenvalue weighted by molar-refractivity contribution is -0.116. The van der Waals surface area contributed by atoms with E-state index in [0.717, 1.165) is 19.3 Å². The van der Waals surface area contributed by atoms with Crippen molar-refractivity contribution in [2.75, 3.05) is 7.05 Å². The molecule has 0 rings (SSSR count). The van der Waals surface area contributed by atoms with Gasteiger partial charge < -0.3 is 5.32 Å². The van der Waals surface area contributed by atoms with Crippen LogP contribution in [0.5, 0.6) is 0 Å². The van der Waals surface area contributed by atoms with E-state index in [2.05, 4.69) is 42.6 Å². The molecule has 94 valence electrons. The number of hydrogen-bond donors (Lipinski definition) is 1. The molecule has 2 nitrogen and oxygen atoms in total. The number of unbranched alkanes of at least 4 members (excludes halogenated alkanes) is 2. The van der Waals surface area contributed by atoms with Gasteiger partial charge in [-0.15, -0.1) is 0 Å². The average Bonchev–Trinajstić information content (AvgIpc) is 2.35. The van der Waals surface area contributed by atoms with E-state index < -0.39 is 0 Å². The lowest BCUT2D eigenvalue weighted by Gasteiger charge is -1.87. The molecule has 0 bridgehead atoms. The SMILES string of the molecule is CCCC=CC=CCCC=CC=CC(=O)NC. The Morgan fingerprint density at radius 1 is 0.941 bits per heavy atom. The Morgan fingerprint density at radius 2 is 1.47 bits per heavy atom. The van der Waals surface area contributed by atoms with Crippen LogP contribution in [0.1, 0.15) is 32.6 Å². The number of amides is 1. The van der Waals surface area contributed by atoms with Crippen molar-refractivity contribution in [3.63, 3.8) is 0 Å². The summed E-state index contributed by atoms with van der Waals surface area (Å²) in [5.41, 5.74) is 0. The number of carbonyl (C=O) groups excluding carboxylic acids is 1. The molecular weight excluding hydrogens is 210 g/mol. The molecule has 0 heterocycles. The van der Waals surface area contributed by atoms with Crippen molar-refractivity contribution in [1.29, 1.82) is 0 Å². The second kappa shape index (κ2) is 12.5. The summed E-state index contributed by atoms with van der Waals surface area (Å²) in [5.74, 6) is -0.0735. The van der Waals surface area contributed by atoms with E-state index in [-0.39, 0.29) is 5.91 Å². The number of carbonyl (C=O) groups is 1. The van der Waals surface area contributed by atoms with Crippen molar-refractivity contribution in [3.05, 3.63) is 48.6 Å². The van der Waals surface area contributed by atoms with Crippen LogP contribution in [0.4, 0.5) is 0 Å². The van der Waals surface area contributed by atoms with Crippen LogP contribution >= 0.6 is 0 Å². The van der Waals surface area contributed by atoms with E-state index in [9.17, 15) is 4.79 Å². The molecule has 0 aliphatic rings. The van der Waals surface area contributed by atoms with Crippen LogP contribution < -0.4 is 5.32 Å². The molecule has 0 aromatic carbocycles. The first-order valence-electron chi connectivity index (χ1n) is 6.17. The average molecular weight is 233 g/mol. The van der Waals surface area contributed by atoms with Gasteiger partial charge in [0.1, 0.15) is 0 Å². The molecule has 0 aliphatic heterocycles. The van der Waals surface area contributed by atoms with E-state index in [1.54, 1.807) is 13.1 Å². The maximum atomic E-state index is 10.8. The summed E-state index contributed by atoms with van der Waals surface area (Å²) in [5, 5.41) is 2.52. The van der Waals surface area contributed by atoms with Crippen molar-refractivity contribution < 1.29 is 4.79 Å². The van der Waals surface area contributed by atoms with Crippen LogP contribution in [0, 0.1) is 0 Å². The predicted molar refractivity (Wildman–Crippen MR) is 74.8 cm³/mol. The minimum Gasteiger partial charge on any atom is -0.356 e. The molecule has 1 N–H and O–H groups in total. The Balaban J connectivity index is 3.54. The number of allylic oxidation sites excluding steroid dienone is 7. The highest BCUT2D eigenvalue weighted by Crippen LogP contribution is 1.95. The van der Waals surface area contributed by atoms with Crippen LogP contribution in [-0.4, -0.2) is 13.0 Å². The molecule has 0 atom stereocenters. The molecule has 0 spiro atoms. The minimum absolute atomic E-state index is 0.0735. The standard InChI is InChI=1S/C15H23NO/c1-3-4-5-6-7-8-9-10-11-12-13-14-15(17)16-2/h5-8,11-14H,3-4,9-10H2,1-2H3,(H,16,17). The Kier molecular flexibility index (Phi) is 11.3. The highest BCUT2D eigenvalue weighted by Gasteiger charge is 1.83. The van der Waals surface area contributed by atoms with Gasteiger partial charge in [-0.1, -0.05) is 55.9 Å². The molecule has 0 unspecified atom stereocenters. The predicted octanol–water partition coefficient (Wildman–Crippen LogP) is 3.54. The Hall–Kier alpha value is -1.57. The highest BCUT2D eigenvalue weighted by molar-refractivity contribution is 5.87. The zero-order chi connectivity index (χ0) is 12.8. The lowest BCUT2D eigenvalue weighted by Crippen LogP contribution is -2.13. The van der Waals surface area contributed by atoms with Gasteiger partial charge in [-0.3, -0.25) is 4.79 Å². The third-order valence-corrected chi connectivity index (χ3v) is 2.08. The van der Waals surface area contributed by atoms with Gasteiger partial charge in [-0.05, 0) is 19.3 Å². The Labute approximate surface area is 105 Å². The first-order chi connectivity index (χ1) is 8.31. The van der Waals surface area contributed by atoms with Crippen LogP contribution in [-0.2, 0) is 4.79 Å². The summed E-state index contributed by atoms with van der Waals surface area (Å²) >= 11 is 0. The fourth-order valence-corrected chi connectivity index (χ4v) is 1.11. The minimum atomic E-state index is -0.0735. The maximum absolute atomic E-state index is 10.8. The van der Waals surface area contributed by atoms with Crippen molar-refractivity contribution in [3.8, 4) is 0 Å². The number of rotatable bonds is 8. The largest absolute Gasteiger partial charge is 0.356 e. The molecule has 0 radical (unpaired) electrons. The van der Waals surface area contributed by atoms with Crippen molar-refractivity contribution in [2.45, 2.75) is 32.6 Å². The molecule has 0 fully saturated rings. The fraction of sp³-hybridized carbons (Fsp3) is 0.400. The summed E-state index contributed by atoms with van der Waals surface area (Å²) in [6.45, 7) is 2.17. The van der Waals surface area contributed by atoms with Gasteiger partial charge in [0.2, 0.25) is 5.91 Å². The van der Waals surface area contributed by atoms with Gasteiger partial charge in [0.25, 0.3) is 0 Å². The summed E-state index contributed by atoms with van der Waals surface area (Å²) in [4.78, 5) is 10.8. The molecular formula is C15H23NO.